The van der Waals surface area contributed by atoms with E-state index in [4.69, 9.17) is 27.9 Å². The van der Waals surface area contributed by atoms with E-state index in [2.05, 4.69) is 10.0 Å². The number of rotatable bonds is 7. The Labute approximate surface area is 184 Å². The van der Waals surface area contributed by atoms with Gasteiger partial charge in [0.1, 0.15) is 23.8 Å². The number of anilines is 1. The number of sulfonamides is 1. The van der Waals surface area contributed by atoms with Crippen LogP contribution in [0.1, 0.15) is 10.4 Å². The highest BCUT2D eigenvalue weighted by Gasteiger charge is 2.24. The Kier molecular flexibility index (Phi) is 7.54. The van der Waals surface area contributed by atoms with Crippen LogP contribution in [0.15, 0.2) is 41.3 Å². The number of morpholine rings is 1. The summed E-state index contributed by atoms with van der Waals surface area (Å²) in [5.74, 6) is -1.26. The highest BCUT2D eigenvalue weighted by atomic mass is 35.5. The lowest BCUT2D eigenvalue weighted by Crippen LogP contribution is -3.14. The molecule has 0 aromatic heterocycles. The Morgan fingerprint density at radius 2 is 1.83 bits per heavy atom. The lowest BCUT2D eigenvalue weighted by Gasteiger charge is -2.23. The van der Waals surface area contributed by atoms with E-state index in [1.807, 2.05) is 0 Å². The van der Waals surface area contributed by atoms with E-state index in [1.165, 1.54) is 29.2 Å². The SMILES string of the molecule is O=C(NCC[NH+]1CCOCC1)c1cc(S(=O)(=O)Nc2ccccc2F)c(Cl)cc1Cl. The molecule has 7 nitrogen and oxygen atoms in total. The van der Waals surface area contributed by atoms with Crippen molar-refractivity contribution in [1.82, 2.24) is 5.32 Å². The van der Waals surface area contributed by atoms with Crippen molar-refractivity contribution in [2.24, 2.45) is 0 Å². The molecule has 0 aliphatic carbocycles. The first-order valence-corrected chi connectivity index (χ1v) is 11.5. The van der Waals surface area contributed by atoms with Gasteiger partial charge in [0, 0.05) is 0 Å². The van der Waals surface area contributed by atoms with Gasteiger partial charge in [-0.3, -0.25) is 9.52 Å². The molecule has 2 aromatic carbocycles. The van der Waals surface area contributed by atoms with Gasteiger partial charge in [0.05, 0.1) is 47.6 Å². The highest BCUT2D eigenvalue weighted by molar-refractivity contribution is 7.92. The maximum absolute atomic E-state index is 13.8. The van der Waals surface area contributed by atoms with Gasteiger partial charge in [-0.25, -0.2) is 12.8 Å². The molecule has 0 bridgehead atoms. The van der Waals surface area contributed by atoms with Gasteiger partial charge in [0.15, 0.2) is 0 Å². The van der Waals surface area contributed by atoms with Crippen LogP contribution in [0, 0.1) is 5.82 Å². The number of carbonyl (C=O) groups excluding carboxylic acids is 1. The molecule has 11 heteroatoms. The average molecular weight is 477 g/mol. The number of amides is 1. The second-order valence-electron chi connectivity index (χ2n) is 6.72. The Hall–Kier alpha value is -1.91. The molecular weight excluding hydrogens is 456 g/mol. The Bertz CT molecular complexity index is 1030. The third-order valence-corrected chi connectivity index (χ3v) is 6.78. The molecule has 0 spiro atoms. The molecule has 30 heavy (non-hydrogen) atoms. The average Bonchev–Trinajstić information content (AvgIpc) is 2.70. The number of quaternary nitrogens is 1. The van der Waals surface area contributed by atoms with Gasteiger partial charge in [-0.05, 0) is 24.3 Å². The van der Waals surface area contributed by atoms with Crippen LogP contribution >= 0.6 is 23.2 Å². The number of benzene rings is 2. The molecule has 0 saturated carbocycles. The third kappa shape index (κ3) is 5.61. The number of carbonyl (C=O) groups is 1. The van der Waals surface area contributed by atoms with Crippen molar-refractivity contribution in [2.45, 2.75) is 4.90 Å². The molecule has 0 unspecified atom stereocenters. The van der Waals surface area contributed by atoms with E-state index < -0.39 is 21.7 Å². The fourth-order valence-corrected chi connectivity index (χ4v) is 4.94. The van der Waals surface area contributed by atoms with Crippen LogP contribution < -0.4 is 14.9 Å². The van der Waals surface area contributed by atoms with Gasteiger partial charge in [-0.2, -0.15) is 0 Å². The fourth-order valence-electron chi connectivity index (χ4n) is 3.01. The largest absolute Gasteiger partial charge is 0.370 e. The minimum Gasteiger partial charge on any atom is -0.370 e. The van der Waals surface area contributed by atoms with E-state index >= 15 is 0 Å². The molecule has 1 amide bonds. The van der Waals surface area contributed by atoms with Gasteiger partial charge in [-0.1, -0.05) is 35.3 Å². The Balaban J connectivity index is 1.75. The Morgan fingerprint density at radius 1 is 1.13 bits per heavy atom. The summed E-state index contributed by atoms with van der Waals surface area (Å²) in [6.07, 6.45) is 0. The zero-order valence-electron chi connectivity index (χ0n) is 15.9. The third-order valence-electron chi connectivity index (χ3n) is 4.64. The molecule has 1 aliphatic heterocycles. The summed E-state index contributed by atoms with van der Waals surface area (Å²) >= 11 is 12.2. The number of ether oxygens (including phenoxy) is 1. The van der Waals surface area contributed by atoms with Crippen LogP contribution in [0.3, 0.4) is 0 Å². The molecule has 1 fully saturated rings. The molecule has 3 rings (SSSR count). The summed E-state index contributed by atoms with van der Waals surface area (Å²) < 4.78 is 46.7. The van der Waals surface area contributed by atoms with Crippen molar-refractivity contribution >= 4 is 44.8 Å². The second kappa shape index (κ2) is 9.93. The van der Waals surface area contributed by atoms with Crippen molar-refractivity contribution in [2.75, 3.05) is 44.1 Å². The van der Waals surface area contributed by atoms with Crippen molar-refractivity contribution in [3.05, 3.63) is 57.8 Å². The van der Waals surface area contributed by atoms with Gasteiger partial charge in [0.25, 0.3) is 15.9 Å². The van der Waals surface area contributed by atoms with Crippen LogP contribution in [-0.2, 0) is 14.8 Å². The first-order valence-electron chi connectivity index (χ1n) is 9.24. The molecule has 1 heterocycles. The first-order chi connectivity index (χ1) is 14.3. The Morgan fingerprint density at radius 3 is 2.53 bits per heavy atom. The number of halogens is 3. The summed E-state index contributed by atoms with van der Waals surface area (Å²) in [6.45, 7) is 4.19. The minimum atomic E-state index is -4.26. The zero-order chi connectivity index (χ0) is 21.7. The van der Waals surface area contributed by atoms with Crippen LogP contribution in [0.2, 0.25) is 10.0 Å². The summed E-state index contributed by atoms with van der Waals surface area (Å²) in [6, 6.07) is 7.59. The monoisotopic (exact) mass is 476 g/mol. The summed E-state index contributed by atoms with van der Waals surface area (Å²) in [7, 11) is -4.26. The van der Waals surface area contributed by atoms with Gasteiger partial charge < -0.3 is 15.0 Å². The summed E-state index contributed by atoms with van der Waals surface area (Å²) in [5.41, 5.74) is -0.269. The molecule has 3 N–H and O–H groups in total. The van der Waals surface area contributed by atoms with Gasteiger partial charge >= 0.3 is 0 Å². The molecular formula is C19H21Cl2FN3O4S+. The lowest BCUT2D eigenvalue weighted by atomic mass is 10.2. The smallest absolute Gasteiger partial charge is 0.263 e. The van der Waals surface area contributed by atoms with Crippen molar-refractivity contribution in [3.8, 4) is 0 Å². The summed E-state index contributed by atoms with van der Waals surface area (Å²) in [4.78, 5) is 13.5. The molecule has 1 saturated heterocycles. The van der Waals surface area contributed by atoms with Crippen LogP contribution in [-0.4, -0.2) is 53.7 Å². The van der Waals surface area contributed by atoms with E-state index in [-0.39, 0.29) is 26.2 Å². The molecule has 2 aromatic rings. The zero-order valence-corrected chi connectivity index (χ0v) is 18.2. The van der Waals surface area contributed by atoms with E-state index in [0.717, 1.165) is 25.2 Å². The van der Waals surface area contributed by atoms with Crippen LogP contribution in [0.25, 0.3) is 0 Å². The predicted octanol–water partition coefficient (Wildman–Crippen LogP) is 1.58. The van der Waals surface area contributed by atoms with E-state index in [1.54, 1.807) is 0 Å². The van der Waals surface area contributed by atoms with E-state index in [9.17, 15) is 17.6 Å². The molecule has 0 atom stereocenters. The predicted molar refractivity (Wildman–Crippen MR) is 112 cm³/mol. The standard InChI is InChI=1S/C19H20Cl2FN3O4S/c20-14-12-15(21)18(30(27,28)24-17-4-2-1-3-16(17)22)11-13(14)19(26)23-5-6-25-7-9-29-10-8-25/h1-4,11-12,24H,5-10H2,(H,23,26)/p+1. The maximum Gasteiger partial charge on any atom is 0.263 e. The first kappa shape index (κ1) is 22.8. The number of hydrogen-bond donors (Lipinski definition) is 3. The minimum absolute atomic E-state index is 0.0149. The highest BCUT2D eigenvalue weighted by Crippen LogP contribution is 2.30. The fraction of sp³-hybridized carbons (Fsp3) is 0.316. The van der Waals surface area contributed by atoms with Crippen molar-refractivity contribution in [1.29, 1.82) is 0 Å². The normalized spacial score (nSPS) is 15.0. The molecule has 1 aliphatic rings. The van der Waals surface area contributed by atoms with Crippen molar-refractivity contribution < 1.29 is 27.2 Å². The number of para-hydroxylation sites is 1. The van der Waals surface area contributed by atoms with Crippen LogP contribution in [0.4, 0.5) is 10.1 Å². The number of nitrogens with one attached hydrogen (secondary N) is 3. The lowest BCUT2D eigenvalue weighted by molar-refractivity contribution is -0.906. The van der Waals surface area contributed by atoms with Gasteiger partial charge in [-0.15, -0.1) is 0 Å². The topological polar surface area (TPSA) is 88.9 Å². The maximum atomic E-state index is 13.8. The van der Waals surface area contributed by atoms with Gasteiger partial charge in [0.2, 0.25) is 0 Å². The van der Waals surface area contributed by atoms with Crippen LogP contribution in [0.5, 0.6) is 0 Å². The second-order valence-corrected chi connectivity index (χ2v) is 9.18. The number of hydrogen-bond acceptors (Lipinski definition) is 4. The molecule has 0 radical (unpaired) electrons. The quantitative estimate of drug-likeness (QED) is 0.565. The molecule has 162 valence electrons. The summed E-state index contributed by atoms with van der Waals surface area (Å²) in [5, 5.41) is 2.57. The van der Waals surface area contributed by atoms with E-state index in [0.29, 0.717) is 26.3 Å². The van der Waals surface area contributed by atoms with Crippen molar-refractivity contribution in [3.63, 3.8) is 0 Å².